The van der Waals surface area contributed by atoms with Crippen LogP contribution in [0.1, 0.15) is 29.9 Å². The standard InChI is InChI=1S/C12H19N3O2.ClH/c1-7(11-8(2)15-17-9(11)3)4-14-12(16)10-5-13-6-10;/h7,10,13H,4-6H2,1-3H3,(H,14,16);1H. The Hall–Kier alpha value is -1.07. The van der Waals surface area contributed by atoms with Gasteiger partial charge in [0, 0.05) is 31.1 Å². The van der Waals surface area contributed by atoms with Crippen molar-refractivity contribution >= 4 is 18.3 Å². The molecule has 1 atom stereocenters. The van der Waals surface area contributed by atoms with Gasteiger partial charge in [-0.25, -0.2) is 0 Å². The minimum atomic E-state index is 0. The van der Waals surface area contributed by atoms with Crippen molar-refractivity contribution in [2.45, 2.75) is 26.7 Å². The Morgan fingerprint density at radius 2 is 2.22 bits per heavy atom. The van der Waals surface area contributed by atoms with E-state index in [0.29, 0.717) is 6.54 Å². The van der Waals surface area contributed by atoms with E-state index in [1.807, 2.05) is 13.8 Å². The van der Waals surface area contributed by atoms with Gasteiger partial charge in [0.15, 0.2) is 0 Å². The van der Waals surface area contributed by atoms with E-state index in [0.717, 1.165) is 30.1 Å². The van der Waals surface area contributed by atoms with Crippen LogP contribution in [0, 0.1) is 19.8 Å². The van der Waals surface area contributed by atoms with Crippen LogP contribution in [0.15, 0.2) is 4.52 Å². The molecule has 0 saturated carbocycles. The molecule has 2 heterocycles. The highest BCUT2D eigenvalue weighted by atomic mass is 35.5. The number of hydrogen-bond acceptors (Lipinski definition) is 4. The summed E-state index contributed by atoms with van der Waals surface area (Å²) >= 11 is 0. The first-order valence-corrected chi connectivity index (χ1v) is 6.00. The summed E-state index contributed by atoms with van der Waals surface area (Å²) in [6.07, 6.45) is 0. The third-order valence-corrected chi connectivity index (χ3v) is 3.32. The average Bonchev–Trinajstić information content (AvgIpc) is 2.52. The van der Waals surface area contributed by atoms with E-state index in [1.54, 1.807) is 0 Å². The highest BCUT2D eigenvalue weighted by molar-refractivity contribution is 5.85. The summed E-state index contributed by atoms with van der Waals surface area (Å²) in [6.45, 7) is 8.14. The zero-order valence-electron chi connectivity index (χ0n) is 10.9. The molecule has 2 rings (SSSR count). The predicted octanol–water partition coefficient (Wildman–Crippen LogP) is 1.15. The lowest BCUT2D eigenvalue weighted by atomic mass is 9.98. The van der Waals surface area contributed by atoms with Crippen LogP contribution in [0.3, 0.4) is 0 Å². The first-order chi connectivity index (χ1) is 8.09. The molecule has 0 aromatic carbocycles. The van der Waals surface area contributed by atoms with Crippen molar-refractivity contribution in [3.05, 3.63) is 17.0 Å². The Kier molecular flexibility index (Phi) is 5.16. The number of carbonyl (C=O) groups excluding carboxylic acids is 1. The average molecular weight is 274 g/mol. The zero-order valence-corrected chi connectivity index (χ0v) is 11.8. The number of rotatable bonds is 4. The quantitative estimate of drug-likeness (QED) is 0.864. The van der Waals surface area contributed by atoms with Crippen LogP contribution in [0.5, 0.6) is 0 Å². The van der Waals surface area contributed by atoms with Crippen LogP contribution in [0.4, 0.5) is 0 Å². The van der Waals surface area contributed by atoms with Crippen molar-refractivity contribution in [1.82, 2.24) is 15.8 Å². The van der Waals surface area contributed by atoms with Crippen LogP contribution in [0.2, 0.25) is 0 Å². The van der Waals surface area contributed by atoms with Crippen molar-refractivity contribution in [3.8, 4) is 0 Å². The van der Waals surface area contributed by atoms with Crippen molar-refractivity contribution in [2.24, 2.45) is 5.92 Å². The molecule has 2 N–H and O–H groups in total. The van der Waals surface area contributed by atoms with Gasteiger partial charge in [0.1, 0.15) is 5.76 Å². The molecule has 5 nitrogen and oxygen atoms in total. The molecule has 0 spiro atoms. The molecule has 0 aliphatic carbocycles. The molecule has 1 unspecified atom stereocenters. The second-order valence-electron chi connectivity index (χ2n) is 4.74. The van der Waals surface area contributed by atoms with Crippen molar-refractivity contribution in [2.75, 3.05) is 19.6 Å². The maximum Gasteiger partial charge on any atom is 0.225 e. The summed E-state index contributed by atoms with van der Waals surface area (Å²) in [5.41, 5.74) is 2.02. The third-order valence-electron chi connectivity index (χ3n) is 3.32. The van der Waals surface area contributed by atoms with Gasteiger partial charge in [-0.05, 0) is 13.8 Å². The Morgan fingerprint density at radius 1 is 1.56 bits per heavy atom. The molecule has 0 radical (unpaired) electrons. The van der Waals surface area contributed by atoms with Gasteiger partial charge in [-0.15, -0.1) is 12.4 Å². The lowest BCUT2D eigenvalue weighted by Gasteiger charge is -2.26. The van der Waals surface area contributed by atoms with E-state index in [2.05, 4.69) is 22.7 Å². The SMILES string of the molecule is Cc1noc(C)c1C(C)CNC(=O)C1CNC1.Cl. The Bertz CT molecular complexity index is 396. The lowest BCUT2D eigenvalue weighted by Crippen LogP contribution is -2.51. The molecular formula is C12H20ClN3O2. The second kappa shape index (κ2) is 6.20. The van der Waals surface area contributed by atoms with Crippen molar-refractivity contribution < 1.29 is 9.32 Å². The lowest BCUT2D eigenvalue weighted by molar-refractivity contribution is -0.126. The van der Waals surface area contributed by atoms with E-state index < -0.39 is 0 Å². The third kappa shape index (κ3) is 3.03. The summed E-state index contributed by atoms with van der Waals surface area (Å²) in [5.74, 6) is 1.36. The van der Waals surface area contributed by atoms with E-state index in [-0.39, 0.29) is 30.2 Å². The molecule has 1 aliphatic rings. The Morgan fingerprint density at radius 3 is 2.67 bits per heavy atom. The number of amides is 1. The smallest absolute Gasteiger partial charge is 0.225 e. The van der Waals surface area contributed by atoms with Crippen LogP contribution >= 0.6 is 12.4 Å². The molecule has 1 aromatic rings. The van der Waals surface area contributed by atoms with Gasteiger partial charge in [-0.3, -0.25) is 4.79 Å². The molecule has 0 bridgehead atoms. The number of nitrogens with one attached hydrogen (secondary N) is 2. The minimum absolute atomic E-state index is 0. The second-order valence-corrected chi connectivity index (χ2v) is 4.74. The maximum atomic E-state index is 11.7. The monoisotopic (exact) mass is 273 g/mol. The predicted molar refractivity (Wildman–Crippen MR) is 71.0 cm³/mol. The fourth-order valence-electron chi connectivity index (χ4n) is 2.17. The number of aromatic nitrogens is 1. The molecule has 1 fully saturated rings. The van der Waals surface area contributed by atoms with Crippen LogP contribution in [0.25, 0.3) is 0 Å². The topological polar surface area (TPSA) is 67.2 Å². The van der Waals surface area contributed by atoms with E-state index in [4.69, 9.17) is 4.52 Å². The first kappa shape index (κ1) is 15.0. The molecule has 6 heteroatoms. The Balaban J connectivity index is 0.00000162. The number of carbonyl (C=O) groups is 1. The first-order valence-electron chi connectivity index (χ1n) is 6.00. The molecular weight excluding hydrogens is 254 g/mol. The van der Waals surface area contributed by atoms with Crippen LogP contribution in [-0.4, -0.2) is 30.7 Å². The van der Waals surface area contributed by atoms with Gasteiger partial charge >= 0.3 is 0 Å². The van der Waals surface area contributed by atoms with E-state index in [9.17, 15) is 4.79 Å². The van der Waals surface area contributed by atoms with Crippen molar-refractivity contribution in [1.29, 1.82) is 0 Å². The molecule has 102 valence electrons. The molecule has 18 heavy (non-hydrogen) atoms. The van der Waals surface area contributed by atoms with Gasteiger partial charge in [-0.2, -0.15) is 0 Å². The molecule has 1 saturated heterocycles. The summed E-state index contributed by atoms with van der Waals surface area (Å²) in [4.78, 5) is 11.7. The van der Waals surface area contributed by atoms with E-state index in [1.165, 1.54) is 0 Å². The van der Waals surface area contributed by atoms with Crippen LogP contribution < -0.4 is 10.6 Å². The largest absolute Gasteiger partial charge is 0.361 e. The van der Waals surface area contributed by atoms with Crippen molar-refractivity contribution in [3.63, 3.8) is 0 Å². The van der Waals surface area contributed by atoms with Gasteiger partial charge in [0.05, 0.1) is 11.6 Å². The maximum absolute atomic E-state index is 11.7. The number of hydrogen-bond donors (Lipinski definition) is 2. The van der Waals surface area contributed by atoms with Gasteiger partial charge < -0.3 is 15.2 Å². The molecule has 1 amide bonds. The highest BCUT2D eigenvalue weighted by Crippen LogP contribution is 2.22. The molecule has 1 aromatic heterocycles. The zero-order chi connectivity index (χ0) is 12.4. The normalized spacial score (nSPS) is 16.6. The highest BCUT2D eigenvalue weighted by Gasteiger charge is 2.25. The summed E-state index contributed by atoms with van der Waals surface area (Å²) in [5, 5.41) is 10.00. The van der Waals surface area contributed by atoms with Crippen LogP contribution in [-0.2, 0) is 4.79 Å². The number of halogens is 1. The minimum Gasteiger partial charge on any atom is -0.361 e. The fourth-order valence-corrected chi connectivity index (χ4v) is 2.17. The summed E-state index contributed by atoms with van der Waals surface area (Å²) in [7, 11) is 0. The van der Waals surface area contributed by atoms with Gasteiger partial charge in [0.25, 0.3) is 0 Å². The van der Waals surface area contributed by atoms with Gasteiger partial charge in [0.2, 0.25) is 5.91 Å². The summed E-state index contributed by atoms with van der Waals surface area (Å²) < 4.78 is 5.13. The summed E-state index contributed by atoms with van der Waals surface area (Å²) in [6, 6.07) is 0. The van der Waals surface area contributed by atoms with Gasteiger partial charge in [-0.1, -0.05) is 12.1 Å². The molecule has 1 aliphatic heterocycles. The van der Waals surface area contributed by atoms with E-state index >= 15 is 0 Å². The Labute approximate surface area is 113 Å². The number of aryl methyl sites for hydroxylation is 2. The fraction of sp³-hybridized carbons (Fsp3) is 0.667. The number of nitrogens with zero attached hydrogens (tertiary/aromatic N) is 1.